The number of nitrogens with zero attached hydrogens (tertiary/aromatic N) is 3. The summed E-state index contributed by atoms with van der Waals surface area (Å²) in [5.41, 5.74) is 5.02. The van der Waals surface area contributed by atoms with E-state index in [4.69, 9.17) is 4.74 Å². The van der Waals surface area contributed by atoms with E-state index < -0.39 is 6.23 Å². The van der Waals surface area contributed by atoms with E-state index in [-0.39, 0.29) is 59.2 Å². The Morgan fingerprint density at radius 2 is 1.60 bits per heavy atom. The van der Waals surface area contributed by atoms with Gasteiger partial charge in [-0.1, -0.05) is 27.7 Å². The monoisotopic (exact) mass is 563 g/mol. The predicted molar refractivity (Wildman–Crippen MR) is 150 cm³/mol. The van der Waals surface area contributed by atoms with E-state index in [9.17, 15) is 24.0 Å². The van der Waals surface area contributed by atoms with Gasteiger partial charge in [-0.25, -0.2) is 0 Å². The van der Waals surface area contributed by atoms with Crippen molar-refractivity contribution in [1.82, 2.24) is 21.1 Å². The van der Waals surface area contributed by atoms with Crippen molar-refractivity contribution in [1.29, 1.82) is 0 Å². The lowest BCUT2D eigenvalue weighted by Gasteiger charge is -2.39. The van der Waals surface area contributed by atoms with E-state index >= 15 is 0 Å². The molecule has 4 rings (SSSR count). The van der Waals surface area contributed by atoms with Crippen LogP contribution >= 0.6 is 0 Å². The van der Waals surface area contributed by atoms with Gasteiger partial charge in [0.25, 0.3) is 0 Å². The zero-order chi connectivity index (χ0) is 30.5. The average Bonchev–Trinajstić information content (AvgIpc) is 3.33. The SMILES string of the molecule is CC(=O)C1=NN(C)C(C)C1.CC(=O)O[C@H]1NC(=O)[C@@H]1C(C)C.CC1=[N+](C)NC(C(=O)C[C@H]2NC(=O)[C@@H]2C(C)C)C1. The van der Waals surface area contributed by atoms with E-state index in [0.29, 0.717) is 24.1 Å². The molecule has 12 heteroatoms. The summed E-state index contributed by atoms with van der Waals surface area (Å²) in [5.74, 6) is 0.314. The number of ketones is 2. The fourth-order valence-corrected chi connectivity index (χ4v) is 5.02. The Morgan fingerprint density at radius 1 is 1.02 bits per heavy atom. The van der Waals surface area contributed by atoms with Gasteiger partial charge in [-0.3, -0.25) is 29.0 Å². The summed E-state index contributed by atoms with van der Waals surface area (Å²) in [6, 6.07) is 0.289. The molecule has 4 heterocycles. The molecule has 12 nitrogen and oxygen atoms in total. The van der Waals surface area contributed by atoms with Crippen molar-refractivity contribution in [2.45, 2.75) is 99.0 Å². The Morgan fingerprint density at radius 3 is 1.95 bits per heavy atom. The van der Waals surface area contributed by atoms with Crippen LogP contribution in [0.3, 0.4) is 0 Å². The van der Waals surface area contributed by atoms with Gasteiger partial charge in [0.05, 0.1) is 18.3 Å². The Balaban J connectivity index is 0.000000222. The second-order valence-corrected chi connectivity index (χ2v) is 11.8. The number of carbonyl (C=O) groups is 5. The lowest BCUT2D eigenvalue weighted by atomic mass is 9.78. The number of amides is 2. The number of esters is 1. The van der Waals surface area contributed by atoms with E-state index in [2.05, 4.69) is 28.1 Å². The zero-order valence-corrected chi connectivity index (χ0v) is 25.5. The first-order valence-electron chi connectivity index (χ1n) is 14.0. The number of hydrogen-bond donors (Lipinski definition) is 3. The Labute approximate surface area is 237 Å². The normalized spacial score (nSPS) is 28.6. The summed E-state index contributed by atoms with van der Waals surface area (Å²) >= 11 is 0. The molecule has 2 amide bonds. The van der Waals surface area contributed by atoms with Gasteiger partial charge in [0.15, 0.2) is 30.6 Å². The van der Waals surface area contributed by atoms with E-state index in [1.54, 1.807) is 6.92 Å². The minimum atomic E-state index is -0.407. The molecule has 0 spiro atoms. The fraction of sp³-hybridized carbons (Fsp3) is 0.750. The quantitative estimate of drug-likeness (QED) is 0.236. The van der Waals surface area contributed by atoms with Crippen molar-refractivity contribution in [3.05, 3.63) is 0 Å². The van der Waals surface area contributed by atoms with Gasteiger partial charge in [0.2, 0.25) is 11.8 Å². The highest BCUT2D eigenvalue weighted by atomic mass is 16.6. The van der Waals surface area contributed by atoms with Crippen LogP contribution in [0.4, 0.5) is 0 Å². The summed E-state index contributed by atoms with van der Waals surface area (Å²) in [4.78, 5) is 55.9. The van der Waals surface area contributed by atoms with Crippen molar-refractivity contribution in [3.8, 4) is 0 Å². The molecule has 2 fully saturated rings. The highest BCUT2D eigenvalue weighted by Gasteiger charge is 2.44. The molecule has 6 atom stereocenters. The van der Waals surface area contributed by atoms with Crippen LogP contribution in [-0.4, -0.2) is 88.9 Å². The highest BCUT2D eigenvalue weighted by Crippen LogP contribution is 2.27. The third-order valence-electron chi connectivity index (χ3n) is 7.75. The van der Waals surface area contributed by atoms with Gasteiger partial charge in [-0.15, -0.1) is 4.68 Å². The second kappa shape index (κ2) is 13.8. The Kier molecular flexibility index (Phi) is 11.4. The molecule has 40 heavy (non-hydrogen) atoms. The van der Waals surface area contributed by atoms with Crippen LogP contribution < -0.4 is 16.1 Å². The molecule has 2 unspecified atom stereocenters. The number of Topliss-reactive ketones (excluding diaryl/α,β-unsaturated/α-hetero) is 2. The molecule has 2 saturated heterocycles. The van der Waals surface area contributed by atoms with Crippen LogP contribution in [-0.2, 0) is 28.7 Å². The molecule has 0 aromatic carbocycles. The number of carbonyl (C=O) groups excluding carboxylic acids is 5. The summed E-state index contributed by atoms with van der Waals surface area (Å²) in [5, 5.41) is 11.3. The maximum absolute atomic E-state index is 12.2. The standard InChI is InChI=1S/C13H21N3O2.C8H13NO3.C7H12N2O/c1-7(2)12-10(14-13(12)18)6-11(17)9-5-8(3)16(4)15-9;1-4(2)6-7(11)9-8(6)12-5(3)10;1-5-4-7(6(2)10)8-9(5)3/h7,9-10,12,15H,5-6H2,1-4H3;4,6,8H,1-3H3,(H,9,11);5H,4H2,1-3H3/p+1/t9?,10-,12-;6-,8+;/m10./s1. The summed E-state index contributed by atoms with van der Waals surface area (Å²) in [6.07, 6.45) is 1.59. The van der Waals surface area contributed by atoms with Crippen LogP contribution in [0.1, 0.15) is 74.7 Å². The molecule has 4 aliphatic heterocycles. The summed E-state index contributed by atoms with van der Waals surface area (Å²) in [7, 11) is 3.81. The molecule has 3 N–H and O–H groups in total. The average molecular weight is 564 g/mol. The summed E-state index contributed by atoms with van der Waals surface area (Å²) in [6.45, 7) is 14.9. The first-order chi connectivity index (χ1) is 18.5. The third-order valence-corrected chi connectivity index (χ3v) is 7.75. The number of nitrogens with one attached hydrogen (secondary N) is 3. The van der Waals surface area contributed by atoms with Gasteiger partial charge in [-0.2, -0.15) is 10.5 Å². The van der Waals surface area contributed by atoms with Crippen molar-refractivity contribution in [3.63, 3.8) is 0 Å². The topological polar surface area (TPSA) is 149 Å². The molecule has 0 radical (unpaired) electrons. The van der Waals surface area contributed by atoms with Gasteiger partial charge >= 0.3 is 5.97 Å². The predicted octanol–water partition coefficient (Wildman–Crippen LogP) is 1.03. The molecule has 4 aliphatic rings. The zero-order valence-electron chi connectivity index (χ0n) is 25.5. The number of rotatable bonds is 7. The summed E-state index contributed by atoms with van der Waals surface area (Å²) < 4.78 is 6.76. The Bertz CT molecular complexity index is 1050. The Hall–Kier alpha value is -3.31. The van der Waals surface area contributed by atoms with Crippen LogP contribution in [0.25, 0.3) is 0 Å². The molecule has 0 aromatic heterocycles. The first kappa shape index (κ1) is 32.9. The highest BCUT2D eigenvalue weighted by molar-refractivity contribution is 6.39. The van der Waals surface area contributed by atoms with Crippen LogP contribution in [0.15, 0.2) is 5.10 Å². The van der Waals surface area contributed by atoms with Crippen molar-refractivity contribution < 1.29 is 33.4 Å². The third kappa shape index (κ3) is 8.34. The molecule has 0 saturated carbocycles. The largest absolute Gasteiger partial charge is 0.441 e. The lowest BCUT2D eigenvalue weighted by Crippen LogP contribution is -2.61. The molecule has 0 aliphatic carbocycles. The first-order valence-corrected chi connectivity index (χ1v) is 14.0. The number of hydrogen-bond acceptors (Lipinski definition) is 9. The molecular weight excluding hydrogens is 516 g/mol. The lowest BCUT2D eigenvalue weighted by molar-refractivity contribution is -0.554. The smallest absolute Gasteiger partial charge is 0.304 e. The van der Waals surface area contributed by atoms with E-state index in [1.165, 1.54) is 12.6 Å². The minimum absolute atomic E-state index is 0.00170. The molecular formula is C28H47N6O6+. The number of hydrazone groups is 2. The van der Waals surface area contributed by atoms with Gasteiger partial charge < -0.3 is 15.4 Å². The van der Waals surface area contributed by atoms with Gasteiger partial charge in [0, 0.05) is 52.7 Å². The molecule has 224 valence electrons. The second-order valence-electron chi connectivity index (χ2n) is 11.8. The fourth-order valence-electron chi connectivity index (χ4n) is 5.02. The number of ether oxygens (including phenoxy) is 1. The molecule has 0 bridgehead atoms. The van der Waals surface area contributed by atoms with Crippen LogP contribution in [0.2, 0.25) is 0 Å². The van der Waals surface area contributed by atoms with Crippen LogP contribution in [0.5, 0.6) is 0 Å². The number of hydrazine groups is 1. The van der Waals surface area contributed by atoms with Crippen molar-refractivity contribution in [2.24, 2.45) is 28.8 Å². The van der Waals surface area contributed by atoms with Crippen LogP contribution in [0, 0.1) is 23.7 Å². The van der Waals surface area contributed by atoms with Crippen molar-refractivity contribution >= 4 is 40.8 Å². The van der Waals surface area contributed by atoms with Gasteiger partial charge in [0.1, 0.15) is 11.8 Å². The minimum Gasteiger partial charge on any atom is -0.441 e. The van der Waals surface area contributed by atoms with E-state index in [0.717, 1.165) is 12.8 Å². The van der Waals surface area contributed by atoms with Gasteiger partial charge in [-0.05, 0) is 18.8 Å². The maximum atomic E-state index is 12.2. The molecule has 0 aromatic rings. The van der Waals surface area contributed by atoms with Crippen molar-refractivity contribution in [2.75, 3.05) is 14.1 Å². The maximum Gasteiger partial charge on any atom is 0.304 e. The number of β-lactam (4-membered cyclic amide) rings is 2. The van der Waals surface area contributed by atoms with E-state index in [1.807, 2.05) is 58.4 Å².